The predicted molar refractivity (Wildman–Crippen MR) is 85.8 cm³/mol. The largest absolute Gasteiger partial charge is 0.370 e. The molecule has 1 atom stereocenters. The Morgan fingerprint density at radius 2 is 2.14 bits per heavy atom. The molecule has 0 spiro atoms. The van der Waals surface area contributed by atoms with Crippen LogP contribution in [0.5, 0.6) is 0 Å². The number of nitrogens with one attached hydrogen (secondary N) is 1. The van der Waals surface area contributed by atoms with Gasteiger partial charge in [-0.05, 0) is 13.3 Å². The minimum Gasteiger partial charge on any atom is -0.370 e. The van der Waals surface area contributed by atoms with Crippen LogP contribution in [0.25, 0.3) is 11.3 Å². The molecule has 1 aliphatic rings. The first-order valence-electron chi connectivity index (χ1n) is 7.12. The quantitative estimate of drug-likeness (QED) is 0.783. The van der Waals surface area contributed by atoms with Crippen molar-refractivity contribution in [3.05, 3.63) is 52.5 Å². The van der Waals surface area contributed by atoms with Gasteiger partial charge in [-0.2, -0.15) is 5.10 Å². The van der Waals surface area contributed by atoms with Gasteiger partial charge in [0.25, 0.3) is 0 Å². The zero-order valence-corrected chi connectivity index (χ0v) is 12.6. The fourth-order valence-corrected chi connectivity index (χ4v) is 3.66. The molecule has 0 saturated carbocycles. The van der Waals surface area contributed by atoms with Crippen molar-refractivity contribution in [2.45, 2.75) is 19.4 Å². The van der Waals surface area contributed by atoms with Crippen molar-refractivity contribution in [3.63, 3.8) is 0 Å². The lowest BCUT2D eigenvalue weighted by Crippen LogP contribution is -2.24. The van der Waals surface area contributed by atoms with E-state index < -0.39 is 0 Å². The Bertz CT molecular complexity index is 746. The topological polar surface area (TPSA) is 42.7 Å². The van der Waals surface area contributed by atoms with Crippen LogP contribution in [0.2, 0.25) is 0 Å². The van der Waals surface area contributed by atoms with E-state index in [1.807, 2.05) is 17.6 Å². The minimum atomic E-state index is 0.248. The summed E-state index contributed by atoms with van der Waals surface area (Å²) < 4.78 is 2.11. The summed E-state index contributed by atoms with van der Waals surface area (Å²) in [6.45, 7) is 3.10. The summed E-state index contributed by atoms with van der Waals surface area (Å²) in [5.74, 6) is 1.13. The molecular formula is C16H16N4S. The van der Waals surface area contributed by atoms with E-state index in [1.165, 1.54) is 5.56 Å². The van der Waals surface area contributed by atoms with Gasteiger partial charge in [0.05, 0.1) is 5.69 Å². The summed E-state index contributed by atoms with van der Waals surface area (Å²) in [5, 5.41) is 11.5. The van der Waals surface area contributed by atoms with Gasteiger partial charge in [-0.15, -0.1) is 11.3 Å². The van der Waals surface area contributed by atoms with E-state index in [0.29, 0.717) is 0 Å². The Kier molecular flexibility index (Phi) is 3.00. The summed E-state index contributed by atoms with van der Waals surface area (Å²) in [5.41, 5.74) is 3.43. The molecule has 0 bridgehead atoms. The molecule has 5 heteroatoms. The van der Waals surface area contributed by atoms with Gasteiger partial charge in [-0.3, -0.25) is 0 Å². The van der Waals surface area contributed by atoms with E-state index in [4.69, 9.17) is 5.10 Å². The number of hydrogen-bond acceptors (Lipinski definition) is 4. The van der Waals surface area contributed by atoms with Gasteiger partial charge in [-0.1, -0.05) is 30.3 Å². The van der Waals surface area contributed by atoms with E-state index in [2.05, 4.69) is 46.2 Å². The fourth-order valence-electron chi connectivity index (χ4n) is 2.90. The van der Waals surface area contributed by atoms with Gasteiger partial charge >= 0.3 is 0 Å². The predicted octanol–water partition coefficient (Wildman–Crippen LogP) is 3.72. The fraction of sp³-hybridized carbons (Fsp3) is 0.250. The molecule has 1 N–H and O–H groups in total. The van der Waals surface area contributed by atoms with Crippen molar-refractivity contribution in [2.24, 2.45) is 0 Å². The molecule has 0 fully saturated rings. The molecule has 2 aromatic heterocycles. The van der Waals surface area contributed by atoms with Gasteiger partial charge in [0.15, 0.2) is 0 Å². The maximum Gasteiger partial charge on any atom is 0.128 e. The Balaban J connectivity index is 1.84. The van der Waals surface area contributed by atoms with Crippen molar-refractivity contribution in [3.8, 4) is 11.3 Å². The molecule has 1 unspecified atom stereocenters. The van der Waals surface area contributed by atoms with Crippen LogP contribution in [-0.4, -0.2) is 21.3 Å². The summed E-state index contributed by atoms with van der Waals surface area (Å²) in [4.78, 5) is 4.48. The first-order valence-corrected chi connectivity index (χ1v) is 8.00. The molecule has 3 aromatic rings. The second-order valence-electron chi connectivity index (χ2n) is 5.23. The molecule has 1 aliphatic heterocycles. The van der Waals surface area contributed by atoms with Crippen molar-refractivity contribution >= 4 is 17.2 Å². The molecule has 21 heavy (non-hydrogen) atoms. The summed E-state index contributed by atoms with van der Waals surface area (Å²) >= 11 is 1.70. The van der Waals surface area contributed by atoms with E-state index in [0.717, 1.165) is 35.0 Å². The zero-order chi connectivity index (χ0) is 14.2. The van der Waals surface area contributed by atoms with E-state index >= 15 is 0 Å². The molecule has 4 rings (SSSR count). The second-order valence-corrected chi connectivity index (χ2v) is 6.16. The number of aromatic nitrogens is 3. The van der Waals surface area contributed by atoms with Crippen LogP contribution < -0.4 is 5.32 Å². The van der Waals surface area contributed by atoms with Gasteiger partial charge in [0.2, 0.25) is 0 Å². The number of hydrogen-bond donors (Lipinski definition) is 1. The Labute approximate surface area is 127 Å². The maximum atomic E-state index is 4.88. The van der Waals surface area contributed by atoms with E-state index in [1.54, 1.807) is 11.3 Å². The summed E-state index contributed by atoms with van der Waals surface area (Å²) in [6.07, 6.45) is 2.89. The maximum absolute atomic E-state index is 4.88. The Morgan fingerprint density at radius 3 is 2.90 bits per heavy atom. The number of thiazole rings is 1. The van der Waals surface area contributed by atoms with Gasteiger partial charge in [0.1, 0.15) is 16.9 Å². The first kappa shape index (κ1) is 12.6. The van der Waals surface area contributed by atoms with Crippen LogP contribution >= 0.6 is 11.3 Å². The third-order valence-electron chi connectivity index (χ3n) is 3.94. The van der Waals surface area contributed by atoms with Crippen LogP contribution in [-0.2, 0) is 0 Å². The van der Waals surface area contributed by atoms with E-state index in [9.17, 15) is 0 Å². The first-order chi connectivity index (χ1) is 10.3. The zero-order valence-electron chi connectivity index (χ0n) is 11.8. The molecule has 4 nitrogen and oxygen atoms in total. The molecule has 106 valence electrons. The Hall–Kier alpha value is -2.14. The SMILES string of the molecule is Cc1c(-c2ccccc2)nn2c1NCCC2c1nccs1. The second kappa shape index (κ2) is 5.00. The molecule has 0 amide bonds. The highest BCUT2D eigenvalue weighted by Gasteiger charge is 2.27. The highest BCUT2D eigenvalue weighted by Crippen LogP contribution is 2.36. The normalized spacial score (nSPS) is 17.3. The third-order valence-corrected chi connectivity index (χ3v) is 4.81. The van der Waals surface area contributed by atoms with Crippen LogP contribution in [0.15, 0.2) is 41.9 Å². The highest BCUT2D eigenvalue weighted by atomic mass is 32.1. The van der Waals surface area contributed by atoms with E-state index in [-0.39, 0.29) is 6.04 Å². The highest BCUT2D eigenvalue weighted by molar-refractivity contribution is 7.09. The summed E-state index contributed by atoms with van der Waals surface area (Å²) in [7, 11) is 0. The van der Waals surface area contributed by atoms with Gasteiger partial charge in [-0.25, -0.2) is 9.67 Å². The number of anilines is 1. The molecule has 1 aromatic carbocycles. The smallest absolute Gasteiger partial charge is 0.128 e. The van der Waals surface area contributed by atoms with Crippen LogP contribution in [0.4, 0.5) is 5.82 Å². The van der Waals surface area contributed by atoms with Crippen LogP contribution in [0.3, 0.4) is 0 Å². The summed E-state index contributed by atoms with van der Waals surface area (Å²) in [6, 6.07) is 10.6. The van der Waals surface area contributed by atoms with Crippen LogP contribution in [0.1, 0.15) is 23.0 Å². The number of rotatable bonds is 2. The van der Waals surface area contributed by atoms with Crippen LogP contribution in [0, 0.1) is 6.92 Å². The standard InChI is InChI=1S/C16H16N4S/c1-11-14(12-5-3-2-4-6-12)19-20-13(7-8-17-15(11)20)16-18-9-10-21-16/h2-6,9-10,13,17H,7-8H2,1H3. The third kappa shape index (κ3) is 2.05. The molecular weight excluding hydrogens is 280 g/mol. The number of nitrogens with zero attached hydrogens (tertiary/aromatic N) is 3. The van der Waals surface area contributed by atoms with Crippen molar-refractivity contribution < 1.29 is 0 Å². The average molecular weight is 296 g/mol. The average Bonchev–Trinajstić information content (AvgIpc) is 3.17. The monoisotopic (exact) mass is 296 g/mol. The number of benzene rings is 1. The molecule has 3 heterocycles. The van der Waals surface area contributed by atoms with Gasteiger partial charge < -0.3 is 5.32 Å². The van der Waals surface area contributed by atoms with Crippen molar-refractivity contribution in [1.82, 2.24) is 14.8 Å². The van der Waals surface area contributed by atoms with Crippen molar-refractivity contribution in [1.29, 1.82) is 0 Å². The number of fused-ring (bicyclic) bond motifs is 1. The molecule has 0 radical (unpaired) electrons. The lowest BCUT2D eigenvalue weighted by Gasteiger charge is -2.24. The lowest BCUT2D eigenvalue weighted by atomic mass is 10.1. The van der Waals surface area contributed by atoms with Gasteiger partial charge in [0, 0.05) is 29.2 Å². The minimum absolute atomic E-state index is 0.248. The van der Waals surface area contributed by atoms with Crippen molar-refractivity contribution in [2.75, 3.05) is 11.9 Å². The Morgan fingerprint density at radius 1 is 1.29 bits per heavy atom. The molecule has 0 aliphatic carbocycles. The lowest BCUT2D eigenvalue weighted by molar-refractivity contribution is 0.481. The molecule has 0 saturated heterocycles.